The van der Waals surface area contributed by atoms with Crippen LogP contribution in [0.4, 0.5) is 10.6 Å². The van der Waals surface area contributed by atoms with Crippen LogP contribution in [0.3, 0.4) is 0 Å². The molecule has 32 heavy (non-hydrogen) atoms. The molecule has 1 aliphatic rings. The van der Waals surface area contributed by atoms with Gasteiger partial charge in [-0.2, -0.15) is 0 Å². The first-order valence-electron chi connectivity index (χ1n) is 10.7. The van der Waals surface area contributed by atoms with E-state index >= 15 is 0 Å². The van der Waals surface area contributed by atoms with Crippen LogP contribution in [0.5, 0.6) is 0 Å². The number of fused-ring (bicyclic) bond motifs is 4. The van der Waals surface area contributed by atoms with Crippen LogP contribution in [0, 0.1) is 0 Å². The average molecular weight is 431 g/mol. The number of aromatic nitrogens is 4. The van der Waals surface area contributed by atoms with Gasteiger partial charge in [0.1, 0.15) is 17.8 Å². The lowest BCUT2D eigenvalue weighted by atomic mass is 9.94. The third kappa shape index (κ3) is 3.14. The summed E-state index contributed by atoms with van der Waals surface area (Å²) in [7, 11) is 0. The van der Waals surface area contributed by atoms with Crippen LogP contribution >= 0.6 is 0 Å². The number of nitrogens with zero attached hydrogens (tertiary/aromatic N) is 5. The van der Waals surface area contributed by atoms with E-state index in [1.807, 2.05) is 51.2 Å². The van der Waals surface area contributed by atoms with E-state index in [-0.39, 0.29) is 6.04 Å². The average Bonchev–Trinajstić information content (AvgIpc) is 3.07. The van der Waals surface area contributed by atoms with Crippen molar-refractivity contribution in [3.8, 4) is 11.1 Å². The van der Waals surface area contributed by atoms with Crippen LogP contribution in [0.2, 0.25) is 0 Å². The summed E-state index contributed by atoms with van der Waals surface area (Å²) in [5.74, 6) is 0.419. The smallest absolute Gasteiger partial charge is 0.408 e. The highest BCUT2D eigenvalue weighted by Gasteiger charge is 2.37. The molecule has 8 nitrogen and oxygen atoms in total. The molecule has 4 aromatic rings. The Morgan fingerprint density at radius 3 is 2.75 bits per heavy atom. The predicted octanol–water partition coefficient (Wildman–Crippen LogP) is 4.32. The van der Waals surface area contributed by atoms with Crippen LogP contribution in [0.1, 0.15) is 32.9 Å². The summed E-state index contributed by atoms with van der Waals surface area (Å²) < 4.78 is 2.12. The Bertz CT molecular complexity index is 1350. The minimum Gasteiger partial charge on any atom is -0.465 e. The molecule has 4 heterocycles. The van der Waals surface area contributed by atoms with Gasteiger partial charge in [-0.05, 0) is 45.7 Å². The summed E-state index contributed by atoms with van der Waals surface area (Å²) in [6.45, 7) is 6.30. The van der Waals surface area contributed by atoms with Gasteiger partial charge in [0.2, 0.25) is 0 Å². The van der Waals surface area contributed by atoms with Crippen LogP contribution in [-0.2, 0) is 13.0 Å². The van der Waals surface area contributed by atoms with E-state index in [0.717, 1.165) is 45.2 Å². The number of nitrogens with two attached hydrogens (primary N) is 1. The number of anilines is 1. The summed E-state index contributed by atoms with van der Waals surface area (Å²) in [4.78, 5) is 27.1. The van der Waals surface area contributed by atoms with Gasteiger partial charge in [0.25, 0.3) is 0 Å². The molecule has 0 fully saturated rings. The third-order valence-corrected chi connectivity index (χ3v) is 6.26. The van der Waals surface area contributed by atoms with Crippen LogP contribution in [0.25, 0.3) is 33.1 Å². The number of pyridine rings is 1. The molecular formula is C24H26N6O2. The maximum Gasteiger partial charge on any atom is 0.408 e. The van der Waals surface area contributed by atoms with Gasteiger partial charge in [-0.3, -0.25) is 9.88 Å². The Morgan fingerprint density at radius 2 is 2.00 bits per heavy atom. The van der Waals surface area contributed by atoms with Gasteiger partial charge in [0, 0.05) is 40.5 Å². The fraction of sp³-hybridized carbons (Fsp3) is 0.333. The molecule has 3 N–H and O–H groups in total. The topological polar surface area (TPSA) is 110 Å². The minimum atomic E-state index is -0.907. The Labute approximate surface area is 185 Å². The quantitative estimate of drug-likeness (QED) is 0.490. The number of carbonyl (C=O) groups is 1. The number of amides is 1. The molecule has 1 aromatic carbocycles. The number of nitrogen functional groups attached to an aromatic ring is 1. The Morgan fingerprint density at radius 1 is 1.22 bits per heavy atom. The summed E-state index contributed by atoms with van der Waals surface area (Å²) in [5, 5.41) is 11.8. The molecule has 3 aromatic heterocycles. The van der Waals surface area contributed by atoms with Crippen molar-refractivity contribution in [1.82, 2.24) is 24.4 Å². The molecule has 1 aliphatic heterocycles. The van der Waals surface area contributed by atoms with E-state index < -0.39 is 11.6 Å². The van der Waals surface area contributed by atoms with Crippen molar-refractivity contribution in [3.63, 3.8) is 0 Å². The van der Waals surface area contributed by atoms with E-state index in [0.29, 0.717) is 18.8 Å². The Kier molecular flexibility index (Phi) is 4.54. The summed E-state index contributed by atoms with van der Waals surface area (Å²) in [6.07, 6.45) is 3.87. The highest BCUT2D eigenvalue weighted by Crippen LogP contribution is 2.40. The van der Waals surface area contributed by atoms with Crippen LogP contribution < -0.4 is 5.73 Å². The van der Waals surface area contributed by atoms with E-state index in [1.54, 1.807) is 4.90 Å². The van der Waals surface area contributed by atoms with Gasteiger partial charge in [-0.15, -0.1) is 0 Å². The second kappa shape index (κ2) is 7.19. The first-order chi connectivity index (χ1) is 15.3. The molecule has 1 atom stereocenters. The minimum absolute atomic E-state index is 0.158. The van der Waals surface area contributed by atoms with Crippen molar-refractivity contribution in [2.75, 3.05) is 5.73 Å². The summed E-state index contributed by atoms with van der Waals surface area (Å²) in [6, 6.07) is 9.96. The third-order valence-electron chi connectivity index (χ3n) is 6.26. The first-order valence-corrected chi connectivity index (χ1v) is 10.7. The molecule has 0 radical (unpaired) electrons. The molecule has 1 amide bonds. The van der Waals surface area contributed by atoms with Gasteiger partial charge < -0.3 is 15.4 Å². The molecule has 8 heteroatoms. The van der Waals surface area contributed by atoms with Gasteiger partial charge in [0.05, 0.1) is 16.9 Å². The van der Waals surface area contributed by atoms with Crippen molar-refractivity contribution < 1.29 is 9.90 Å². The van der Waals surface area contributed by atoms with Gasteiger partial charge in [-0.25, -0.2) is 14.8 Å². The van der Waals surface area contributed by atoms with E-state index in [9.17, 15) is 9.90 Å². The fourth-order valence-corrected chi connectivity index (χ4v) is 5.02. The molecule has 0 aliphatic carbocycles. The van der Waals surface area contributed by atoms with E-state index in [2.05, 4.69) is 25.6 Å². The summed E-state index contributed by atoms with van der Waals surface area (Å²) >= 11 is 0. The number of benzene rings is 1. The Balaban J connectivity index is 1.70. The van der Waals surface area contributed by atoms with Crippen molar-refractivity contribution in [2.45, 2.75) is 51.7 Å². The fourth-order valence-electron chi connectivity index (χ4n) is 5.02. The molecule has 0 bridgehead atoms. The monoisotopic (exact) mass is 430 g/mol. The zero-order valence-electron chi connectivity index (χ0n) is 18.4. The van der Waals surface area contributed by atoms with Gasteiger partial charge in [-0.1, -0.05) is 18.2 Å². The molecule has 0 spiro atoms. The highest BCUT2D eigenvalue weighted by atomic mass is 16.4. The van der Waals surface area contributed by atoms with Crippen LogP contribution in [-0.4, -0.2) is 47.2 Å². The van der Waals surface area contributed by atoms with Crippen molar-refractivity contribution >= 4 is 33.8 Å². The summed E-state index contributed by atoms with van der Waals surface area (Å²) in [5.41, 5.74) is 10.6. The molecule has 1 unspecified atom stereocenters. The SMILES string of the molecule is CC(C)(C)N(C(=O)O)C1CCc2c(-c3cnc4ccccc4c3)c3c(N)ncnc3n2C1. The lowest BCUT2D eigenvalue weighted by Crippen LogP contribution is -2.53. The predicted molar refractivity (Wildman–Crippen MR) is 124 cm³/mol. The van der Waals surface area contributed by atoms with Crippen molar-refractivity contribution in [1.29, 1.82) is 0 Å². The number of hydrogen-bond donors (Lipinski definition) is 2. The molecule has 0 saturated carbocycles. The molecular weight excluding hydrogens is 404 g/mol. The Hall–Kier alpha value is -3.68. The lowest BCUT2D eigenvalue weighted by Gasteiger charge is -2.41. The highest BCUT2D eigenvalue weighted by molar-refractivity contribution is 6.03. The molecule has 0 saturated heterocycles. The number of hydrogen-bond acceptors (Lipinski definition) is 5. The van der Waals surface area contributed by atoms with E-state index in [1.165, 1.54) is 6.33 Å². The largest absolute Gasteiger partial charge is 0.465 e. The second-order valence-corrected chi connectivity index (χ2v) is 9.32. The maximum atomic E-state index is 12.1. The van der Waals surface area contributed by atoms with Crippen molar-refractivity contribution in [3.05, 3.63) is 48.5 Å². The van der Waals surface area contributed by atoms with Crippen LogP contribution in [0.15, 0.2) is 42.9 Å². The number of rotatable bonds is 2. The molecule has 5 rings (SSSR count). The lowest BCUT2D eigenvalue weighted by molar-refractivity contribution is 0.0575. The molecule has 164 valence electrons. The van der Waals surface area contributed by atoms with E-state index in [4.69, 9.17) is 5.73 Å². The van der Waals surface area contributed by atoms with Crippen molar-refractivity contribution in [2.24, 2.45) is 0 Å². The first kappa shape index (κ1) is 20.2. The standard InChI is InChI=1S/C24H26N6O2/c1-24(2,3)30(23(31)32)16-8-9-18-19(15-10-14-6-4-5-7-17(14)26-11-15)20-21(25)27-13-28-22(20)29(18)12-16/h4-7,10-11,13,16H,8-9,12H2,1-3H3,(H,31,32)(H2,25,27,28). The zero-order chi connectivity index (χ0) is 22.6. The number of para-hydroxylation sites is 1. The normalized spacial score (nSPS) is 16.3. The zero-order valence-corrected chi connectivity index (χ0v) is 18.4. The van der Waals surface area contributed by atoms with Gasteiger partial charge >= 0.3 is 6.09 Å². The second-order valence-electron chi connectivity index (χ2n) is 9.32. The number of carboxylic acid groups (broad SMARTS) is 1. The van der Waals surface area contributed by atoms with Gasteiger partial charge in [0.15, 0.2) is 0 Å². The maximum absolute atomic E-state index is 12.1.